The molecule has 0 unspecified atom stereocenters. The van der Waals surface area contributed by atoms with E-state index in [1.54, 1.807) is 24.3 Å². The van der Waals surface area contributed by atoms with E-state index in [0.717, 1.165) is 15.6 Å². The van der Waals surface area contributed by atoms with Gasteiger partial charge in [-0.05, 0) is 36.3 Å². The third-order valence-electron chi connectivity index (χ3n) is 3.08. The van der Waals surface area contributed by atoms with E-state index < -0.39 is 5.97 Å². The van der Waals surface area contributed by atoms with E-state index in [-0.39, 0.29) is 12.4 Å². The van der Waals surface area contributed by atoms with Gasteiger partial charge < -0.3 is 4.74 Å². The fourth-order valence-corrected chi connectivity index (χ4v) is 2.26. The Hall–Kier alpha value is -2.20. The van der Waals surface area contributed by atoms with Gasteiger partial charge in [-0.15, -0.1) is 0 Å². The third-order valence-corrected chi connectivity index (χ3v) is 3.57. The summed E-state index contributed by atoms with van der Waals surface area (Å²) < 4.78 is 5.78. The Balaban J connectivity index is 1.90. The van der Waals surface area contributed by atoms with Gasteiger partial charge in [-0.1, -0.05) is 52.3 Å². The molecule has 0 aliphatic rings. The summed E-state index contributed by atoms with van der Waals surface area (Å²) >= 11 is 3.30. The van der Waals surface area contributed by atoms with Gasteiger partial charge in [-0.3, -0.25) is 4.79 Å². The normalized spacial score (nSPS) is 10.6. The second-order valence-corrected chi connectivity index (χ2v) is 5.65. The van der Waals surface area contributed by atoms with Gasteiger partial charge in [-0.2, -0.15) is 0 Å². The van der Waals surface area contributed by atoms with Crippen LogP contribution in [0.3, 0.4) is 0 Å². The molecule has 2 rings (SSSR count). The highest BCUT2D eigenvalue weighted by molar-refractivity contribution is 9.10. The summed E-state index contributed by atoms with van der Waals surface area (Å²) in [5.41, 5.74) is 2.51. The summed E-state index contributed by atoms with van der Waals surface area (Å²) in [4.78, 5) is 23.6. The Labute approximate surface area is 137 Å². The van der Waals surface area contributed by atoms with Crippen LogP contribution in [0.25, 0.3) is 6.08 Å². The monoisotopic (exact) mass is 358 g/mol. The molecule has 0 aromatic heterocycles. The van der Waals surface area contributed by atoms with Gasteiger partial charge >= 0.3 is 5.97 Å². The lowest BCUT2D eigenvalue weighted by Crippen LogP contribution is -2.12. The van der Waals surface area contributed by atoms with Crippen LogP contribution in [0.1, 0.15) is 21.5 Å². The number of halogens is 1. The smallest absolute Gasteiger partial charge is 0.331 e. The van der Waals surface area contributed by atoms with Gasteiger partial charge in [0.15, 0.2) is 12.4 Å². The number of benzene rings is 2. The lowest BCUT2D eigenvalue weighted by molar-refractivity contribution is -0.136. The van der Waals surface area contributed by atoms with Crippen molar-refractivity contribution in [2.24, 2.45) is 0 Å². The van der Waals surface area contributed by atoms with Crippen LogP contribution in [0.15, 0.2) is 59.1 Å². The van der Waals surface area contributed by atoms with Gasteiger partial charge in [0.1, 0.15) is 0 Å². The van der Waals surface area contributed by atoms with E-state index in [2.05, 4.69) is 15.9 Å². The quantitative estimate of drug-likeness (QED) is 0.457. The summed E-state index contributed by atoms with van der Waals surface area (Å²) in [6.45, 7) is 1.69. The second kappa shape index (κ2) is 7.71. The maximum Gasteiger partial charge on any atom is 0.331 e. The summed E-state index contributed by atoms with van der Waals surface area (Å²) in [5.74, 6) is -0.773. The van der Waals surface area contributed by atoms with E-state index in [1.807, 2.05) is 37.3 Å². The van der Waals surface area contributed by atoms with Crippen LogP contribution in [0.5, 0.6) is 0 Å². The van der Waals surface area contributed by atoms with Gasteiger partial charge in [0.05, 0.1) is 0 Å². The lowest BCUT2D eigenvalue weighted by atomic mass is 10.1. The molecule has 0 atom stereocenters. The highest BCUT2D eigenvalue weighted by atomic mass is 79.9. The molecule has 0 spiro atoms. The maximum absolute atomic E-state index is 11.9. The molecular weight excluding hydrogens is 344 g/mol. The van der Waals surface area contributed by atoms with Crippen LogP contribution < -0.4 is 0 Å². The Morgan fingerprint density at radius 2 is 1.91 bits per heavy atom. The second-order valence-electron chi connectivity index (χ2n) is 4.73. The largest absolute Gasteiger partial charge is 0.454 e. The van der Waals surface area contributed by atoms with Crippen LogP contribution in [-0.2, 0) is 9.53 Å². The zero-order valence-electron chi connectivity index (χ0n) is 12.1. The minimum absolute atomic E-state index is 0.237. The SMILES string of the molecule is Cc1ccccc1/C=C/C(=O)OCC(=O)c1cccc(Br)c1. The summed E-state index contributed by atoms with van der Waals surface area (Å²) in [6.07, 6.45) is 3.01. The molecule has 0 saturated carbocycles. The van der Waals surface area contributed by atoms with Crippen molar-refractivity contribution < 1.29 is 14.3 Å². The van der Waals surface area contributed by atoms with Gasteiger partial charge in [-0.25, -0.2) is 4.79 Å². The van der Waals surface area contributed by atoms with E-state index in [9.17, 15) is 9.59 Å². The first kappa shape index (κ1) is 16.2. The van der Waals surface area contributed by atoms with Crippen molar-refractivity contribution >= 4 is 33.8 Å². The Morgan fingerprint density at radius 1 is 1.14 bits per heavy atom. The average molecular weight is 359 g/mol. The van der Waals surface area contributed by atoms with Crippen molar-refractivity contribution in [1.82, 2.24) is 0 Å². The lowest BCUT2D eigenvalue weighted by Gasteiger charge is -2.03. The number of hydrogen-bond acceptors (Lipinski definition) is 3. The van der Waals surface area contributed by atoms with Gasteiger partial charge in [0.2, 0.25) is 0 Å². The minimum atomic E-state index is -0.536. The van der Waals surface area contributed by atoms with Crippen molar-refractivity contribution in [2.75, 3.05) is 6.61 Å². The molecule has 0 saturated heterocycles. The zero-order chi connectivity index (χ0) is 15.9. The standard InChI is InChI=1S/C18H15BrO3/c1-13-5-2-3-6-14(13)9-10-18(21)22-12-17(20)15-7-4-8-16(19)11-15/h2-11H,12H2,1H3/b10-9+. The van der Waals surface area contributed by atoms with E-state index in [0.29, 0.717) is 5.56 Å². The number of ketones is 1. The first-order valence-electron chi connectivity index (χ1n) is 6.75. The molecule has 2 aromatic rings. The Kier molecular flexibility index (Phi) is 5.67. The van der Waals surface area contributed by atoms with Gasteiger partial charge in [0.25, 0.3) is 0 Å². The van der Waals surface area contributed by atoms with Crippen molar-refractivity contribution in [2.45, 2.75) is 6.92 Å². The first-order chi connectivity index (χ1) is 10.6. The molecule has 0 fully saturated rings. The van der Waals surface area contributed by atoms with Crippen LogP contribution in [0.4, 0.5) is 0 Å². The first-order valence-corrected chi connectivity index (χ1v) is 7.55. The summed E-state index contributed by atoms with van der Waals surface area (Å²) in [6, 6.07) is 14.7. The molecule has 2 aromatic carbocycles. The number of rotatable bonds is 5. The van der Waals surface area contributed by atoms with Crippen LogP contribution in [0, 0.1) is 6.92 Å². The number of carbonyl (C=O) groups is 2. The molecule has 4 heteroatoms. The van der Waals surface area contributed by atoms with Crippen molar-refractivity contribution in [3.05, 3.63) is 75.8 Å². The summed E-state index contributed by atoms with van der Waals surface area (Å²) in [5, 5.41) is 0. The van der Waals surface area contributed by atoms with Crippen LogP contribution in [-0.4, -0.2) is 18.4 Å². The van der Waals surface area contributed by atoms with E-state index in [4.69, 9.17) is 4.74 Å². The molecule has 0 radical (unpaired) electrons. The van der Waals surface area contributed by atoms with Gasteiger partial charge in [0, 0.05) is 16.1 Å². The molecule has 22 heavy (non-hydrogen) atoms. The van der Waals surface area contributed by atoms with Crippen molar-refractivity contribution in [3.8, 4) is 0 Å². The Morgan fingerprint density at radius 3 is 2.64 bits per heavy atom. The highest BCUT2D eigenvalue weighted by Gasteiger charge is 2.08. The number of aryl methyl sites for hydroxylation is 1. The Bertz CT molecular complexity index is 720. The molecule has 0 heterocycles. The fourth-order valence-electron chi connectivity index (χ4n) is 1.86. The number of esters is 1. The number of Topliss-reactive ketones (excluding diaryl/α,β-unsaturated/α-hetero) is 1. The number of hydrogen-bond donors (Lipinski definition) is 0. The zero-order valence-corrected chi connectivity index (χ0v) is 13.7. The predicted molar refractivity (Wildman–Crippen MR) is 89.6 cm³/mol. The average Bonchev–Trinajstić information content (AvgIpc) is 2.52. The molecule has 0 amide bonds. The molecule has 0 N–H and O–H groups in total. The van der Waals surface area contributed by atoms with Crippen LogP contribution >= 0.6 is 15.9 Å². The van der Waals surface area contributed by atoms with E-state index >= 15 is 0 Å². The van der Waals surface area contributed by atoms with E-state index in [1.165, 1.54) is 6.08 Å². The topological polar surface area (TPSA) is 43.4 Å². The molecule has 0 bridgehead atoms. The van der Waals surface area contributed by atoms with Crippen molar-refractivity contribution in [3.63, 3.8) is 0 Å². The number of ether oxygens (including phenoxy) is 1. The molecule has 0 aliphatic heterocycles. The third kappa shape index (κ3) is 4.67. The molecular formula is C18H15BrO3. The molecule has 0 aliphatic carbocycles. The predicted octanol–water partition coefficient (Wildman–Crippen LogP) is 4.20. The minimum Gasteiger partial charge on any atom is -0.454 e. The number of carbonyl (C=O) groups excluding carboxylic acids is 2. The van der Waals surface area contributed by atoms with Crippen molar-refractivity contribution in [1.29, 1.82) is 0 Å². The highest BCUT2D eigenvalue weighted by Crippen LogP contribution is 2.12. The summed E-state index contributed by atoms with van der Waals surface area (Å²) in [7, 11) is 0. The fraction of sp³-hybridized carbons (Fsp3) is 0.111. The van der Waals surface area contributed by atoms with Crippen LogP contribution in [0.2, 0.25) is 0 Å². The molecule has 112 valence electrons. The maximum atomic E-state index is 11.9. The molecule has 3 nitrogen and oxygen atoms in total.